The molecule has 0 saturated heterocycles. The molecule has 0 radical (unpaired) electrons. The number of methoxy groups -OCH3 is 1. The summed E-state index contributed by atoms with van der Waals surface area (Å²) in [5, 5.41) is 23.5. The standard InChI is InChI=1S/C22H24N4O3/c1-14-5-6-16(9-19(14)27)25-22-15(12-23)13-24-18-11-21(29-8-7-26(2)3)20(28-4)10-17(18)22/h5-6,9-11,13,27H,7-8H2,1-4H3,(H,24,25). The van der Waals surface area contributed by atoms with Crippen LogP contribution in [-0.4, -0.2) is 49.3 Å². The molecular weight excluding hydrogens is 368 g/mol. The predicted molar refractivity (Wildman–Crippen MR) is 113 cm³/mol. The number of benzene rings is 2. The highest BCUT2D eigenvalue weighted by atomic mass is 16.5. The van der Waals surface area contributed by atoms with Gasteiger partial charge in [0, 0.05) is 35.9 Å². The average Bonchev–Trinajstić information content (AvgIpc) is 2.70. The van der Waals surface area contributed by atoms with Gasteiger partial charge in [-0.25, -0.2) is 0 Å². The number of nitrogens with one attached hydrogen (secondary N) is 1. The van der Waals surface area contributed by atoms with Gasteiger partial charge in [0.25, 0.3) is 0 Å². The molecule has 0 unspecified atom stereocenters. The maximum atomic E-state index is 10.0. The summed E-state index contributed by atoms with van der Waals surface area (Å²) in [5.74, 6) is 1.34. The number of ether oxygens (including phenoxy) is 2. The van der Waals surface area contributed by atoms with Crippen molar-refractivity contribution < 1.29 is 14.6 Å². The van der Waals surface area contributed by atoms with Crippen LogP contribution in [0, 0.1) is 18.3 Å². The van der Waals surface area contributed by atoms with Crippen LogP contribution >= 0.6 is 0 Å². The van der Waals surface area contributed by atoms with Crippen LogP contribution in [0.5, 0.6) is 17.2 Å². The third-order valence-corrected chi connectivity index (χ3v) is 4.55. The Hall–Kier alpha value is -3.50. The van der Waals surface area contributed by atoms with Crippen LogP contribution in [0.1, 0.15) is 11.1 Å². The molecule has 0 amide bonds. The van der Waals surface area contributed by atoms with E-state index in [0.717, 1.165) is 17.5 Å². The molecule has 0 fully saturated rings. The van der Waals surface area contributed by atoms with Crippen molar-refractivity contribution in [1.82, 2.24) is 9.88 Å². The monoisotopic (exact) mass is 392 g/mol. The van der Waals surface area contributed by atoms with Crippen LogP contribution in [0.25, 0.3) is 10.9 Å². The molecule has 0 aliphatic heterocycles. The zero-order valence-corrected chi connectivity index (χ0v) is 17.0. The van der Waals surface area contributed by atoms with Crippen LogP contribution in [0.3, 0.4) is 0 Å². The third kappa shape index (κ3) is 4.50. The van der Waals surface area contributed by atoms with E-state index in [1.54, 1.807) is 13.2 Å². The van der Waals surface area contributed by atoms with Crippen molar-refractivity contribution >= 4 is 22.3 Å². The average molecular weight is 392 g/mol. The summed E-state index contributed by atoms with van der Waals surface area (Å²) in [5.41, 5.74) is 3.10. The van der Waals surface area contributed by atoms with Crippen molar-refractivity contribution in [1.29, 1.82) is 5.26 Å². The van der Waals surface area contributed by atoms with Crippen molar-refractivity contribution in [3.05, 3.63) is 47.7 Å². The summed E-state index contributed by atoms with van der Waals surface area (Å²) in [4.78, 5) is 6.44. The number of aryl methyl sites for hydroxylation is 1. The molecule has 3 rings (SSSR count). The normalized spacial score (nSPS) is 10.8. The molecule has 29 heavy (non-hydrogen) atoms. The molecule has 1 heterocycles. The van der Waals surface area contributed by atoms with E-state index >= 15 is 0 Å². The topological polar surface area (TPSA) is 90.6 Å². The van der Waals surface area contributed by atoms with Gasteiger partial charge in [-0.05, 0) is 38.7 Å². The Kier molecular flexibility index (Phi) is 6.05. The van der Waals surface area contributed by atoms with Crippen LogP contribution in [0.4, 0.5) is 11.4 Å². The number of fused-ring (bicyclic) bond motifs is 1. The van der Waals surface area contributed by atoms with Gasteiger partial charge in [0.2, 0.25) is 0 Å². The van der Waals surface area contributed by atoms with Crippen molar-refractivity contribution in [2.24, 2.45) is 0 Å². The highest BCUT2D eigenvalue weighted by Gasteiger charge is 2.15. The lowest BCUT2D eigenvalue weighted by Gasteiger charge is -2.16. The zero-order valence-electron chi connectivity index (χ0n) is 17.0. The molecule has 7 heteroatoms. The number of nitriles is 1. The molecule has 7 nitrogen and oxygen atoms in total. The lowest BCUT2D eigenvalue weighted by Crippen LogP contribution is -2.19. The van der Waals surface area contributed by atoms with Crippen molar-refractivity contribution in [3.8, 4) is 23.3 Å². The Morgan fingerprint density at radius 2 is 2.00 bits per heavy atom. The Balaban J connectivity index is 2.05. The summed E-state index contributed by atoms with van der Waals surface area (Å²) in [6.07, 6.45) is 1.52. The largest absolute Gasteiger partial charge is 0.508 e. The van der Waals surface area contributed by atoms with Crippen LogP contribution in [-0.2, 0) is 0 Å². The lowest BCUT2D eigenvalue weighted by molar-refractivity contribution is 0.251. The number of hydrogen-bond donors (Lipinski definition) is 2. The van der Waals surface area contributed by atoms with E-state index in [1.165, 1.54) is 6.20 Å². The molecule has 2 N–H and O–H groups in total. The van der Waals surface area contributed by atoms with Crippen LogP contribution in [0.2, 0.25) is 0 Å². The number of likely N-dealkylation sites (N-methyl/N-ethyl adjacent to an activating group) is 1. The van der Waals surface area contributed by atoms with E-state index in [4.69, 9.17) is 9.47 Å². The first-order chi connectivity index (χ1) is 13.9. The minimum Gasteiger partial charge on any atom is -0.508 e. The first-order valence-corrected chi connectivity index (χ1v) is 9.18. The lowest BCUT2D eigenvalue weighted by atomic mass is 10.1. The number of phenolic OH excluding ortho intramolecular Hbond substituents is 1. The highest BCUT2D eigenvalue weighted by molar-refractivity contribution is 5.97. The third-order valence-electron chi connectivity index (χ3n) is 4.55. The number of aromatic nitrogens is 1. The van der Waals surface area contributed by atoms with Gasteiger partial charge in [0.1, 0.15) is 18.4 Å². The van der Waals surface area contributed by atoms with Crippen LogP contribution in [0.15, 0.2) is 36.5 Å². The number of anilines is 2. The van der Waals surface area contributed by atoms with Gasteiger partial charge < -0.3 is 24.8 Å². The maximum Gasteiger partial charge on any atom is 0.163 e. The minimum atomic E-state index is 0.182. The number of pyridine rings is 1. The molecule has 0 aliphatic carbocycles. The fourth-order valence-corrected chi connectivity index (χ4v) is 2.86. The van der Waals surface area contributed by atoms with Gasteiger partial charge in [-0.3, -0.25) is 4.98 Å². The van der Waals surface area contributed by atoms with E-state index in [2.05, 4.69) is 16.4 Å². The van der Waals surface area contributed by atoms with E-state index < -0.39 is 0 Å². The second kappa shape index (κ2) is 8.67. The maximum absolute atomic E-state index is 10.0. The number of nitrogens with zero attached hydrogens (tertiary/aromatic N) is 3. The predicted octanol–water partition coefficient (Wildman–Crippen LogP) is 3.81. The van der Waals surface area contributed by atoms with Gasteiger partial charge >= 0.3 is 0 Å². The first kappa shape index (κ1) is 20.2. The summed E-state index contributed by atoms with van der Waals surface area (Å²) < 4.78 is 11.4. The first-order valence-electron chi connectivity index (χ1n) is 9.18. The molecule has 0 atom stereocenters. The molecule has 2 aromatic carbocycles. The van der Waals surface area contributed by atoms with E-state index in [9.17, 15) is 10.4 Å². The van der Waals surface area contributed by atoms with Crippen molar-refractivity contribution in [2.45, 2.75) is 6.92 Å². The van der Waals surface area contributed by atoms with E-state index in [1.807, 2.05) is 50.2 Å². The summed E-state index contributed by atoms with van der Waals surface area (Å²) in [6.45, 7) is 3.11. The fourth-order valence-electron chi connectivity index (χ4n) is 2.86. The van der Waals surface area contributed by atoms with Crippen LogP contribution < -0.4 is 14.8 Å². The molecule has 0 saturated carbocycles. The number of hydrogen-bond acceptors (Lipinski definition) is 7. The molecular formula is C22H24N4O3. The summed E-state index contributed by atoms with van der Waals surface area (Å²) in [7, 11) is 5.53. The van der Waals surface area contributed by atoms with E-state index in [0.29, 0.717) is 40.6 Å². The molecule has 3 aromatic rings. The molecule has 1 aromatic heterocycles. The quantitative estimate of drug-likeness (QED) is 0.632. The Bertz CT molecular complexity index is 1070. The SMILES string of the molecule is COc1cc2c(Nc3ccc(C)c(O)c3)c(C#N)cnc2cc1OCCN(C)C. The van der Waals surface area contributed by atoms with Gasteiger partial charge in [0.15, 0.2) is 11.5 Å². The van der Waals surface area contributed by atoms with E-state index in [-0.39, 0.29) is 5.75 Å². The zero-order chi connectivity index (χ0) is 21.0. The molecule has 0 bridgehead atoms. The minimum absolute atomic E-state index is 0.182. The summed E-state index contributed by atoms with van der Waals surface area (Å²) in [6, 6.07) is 11.1. The number of aromatic hydroxyl groups is 1. The Morgan fingerprint density at radius 3 is 2.66 bits per heavy atom. The van der Waals surface area contributed by atoms with Crippen molar-refractivity contribution in [3.63, 3.8) is 0 Å². The van der Waals surface area contributed by atoms with Gasteiger partial charge in [-0.15, -0.1) is 0 Å². The fraction of sp³-hybridized carbons (Fsp3) is 0.273. The van der Waals surface area contributed by atoms with Crippen molar-refractivity contribution in [2.75, 3.05) is 39.7 Å². The van der Waals surface area contributed by atoms with Gasteiger partial charge in [-0.1, -0.05) is 6.07 Å². The molecule has 150 valence electrons. The molecule has 0 spiro atoms. The van der Waals surface area contributed by atoms with Gasteiger partial charge in [0.05, 0.1) is 23.9 Å². The summed E-state index contributed by atoms with van der Waals surface area (Å²) >= 11 is 0. The second-order valence-corrected chi connectivity index (χ2v) is 6.96. The second-order valence-electron chi connectivity index (χ2n) is 6.96. The number of phenols is 1. The van der Waals surface area contributed by atoms with Gasteiger partial charge in [-0.2, -0.15) is 5.26 Å². The highest BCUT2D eigenvalue weighted by Crippen LogP contribution is 2.37. The Morgan fingerprint density at radius 1 is 1.21 bits per heavy atom. The Labute approximate surface area is 170 Å². The molecule has 0 aliphatic rings. The number of rotatable bonds is 7. The smallest absolute Gasteiger partial charge is 0.163 e.